The second kappa shape index (κ2) is 5.01. The Morgan fingerprint density at radius 3 is 2.25 bits per heavy atom. The van der Waals surface area contributed by atoms with E-state index in [1.165, 1.54) is 0 Å². The van der Waals surface area contributed by atoms with Crippen molar-refractivity contribution in [2.45, 2.75) is 36.6 Å². The molecule has 0 atom stereocenters. The van der Waals surface area contributed by atoms with Crippen LogP contribution in [0, 0.1) is 3.57 Å². The molecule has 1 aliphatic carbocycles. The van der Waals surface area contributed by atoms with Crippen molar-refractivity contribution in [3.8, 4) is 0 Å². The largest absolute Gasteiger partial charge is 0.240 e. The molecule has 16 heavy (non-hydrogen) atoms. The van der Waals surface area contributed by atoms with Crippen LogP contribution in [-0.2, 0) is 10.0 Å². The summed E-state index contributed by atoms with van der Waals surface area (Å²) in [5.74, 6) is 0. The predicted molar refractivity (Wildman–Crippen MR) is 71.7 cm³/mol. The Hall–Kier alpha value is -0.140. The monoisotopic (exact) mass is 351 g/mol. The molecular weight excluding hydrogens is 337 g/mol. The molecule has 0 spiro atoms. The standard InChI is InChI=1S/C11H14INO2S/c12-9-5-7-11(8-6-9)16(14,15)13-10-3-1-2-4-10/h5-8,10,13H,1-4H2. The van der Waals surface area contributed by atoms with Gasteiger partial charge in [-0.1, -0.05) is 12.8 Å². The molecule has 0 saturated heterocycles. The average molecular weight is 351 g/mol. The van der Waals surface area contributed by atoms with Crippen molar-refractivity contribution in [1.82, 2.24) is 4.72 Å². The summed E-state index contributed by atoms with van der Waals surface area (Å²) >= 11 is 2.16. The molecule has 0 amide bonds. The van der Waals surface area contributed by atoms with Gasteiger partial charge in [-0.25, -0.2) is 13.1 Å². The summed E-state index contributed by atoms with van der Waals surface area (Å²) < 4.78 is 27.8. The Kier molecular flexibility index (Phi) is 3.86. The second-order valence-corrected chi connectivity index (χ2v) is 7.02. The molecule has 1 aromatic carbocycles. The quantitative estimate of drug-likeness (QED) is 0.851. The third kappa shape index (κ3) is 2.95. The highest BCUT2D eigenvalue weighted by atomic mass is 127. The molecular formula is C11H14INO2S. The summed E-state index contributed by atoms with van der Waals surface area (Å²) in [7, 11) is -3.31. The number of hydrogen-bond donors (Lipinski definition) is 1. The maximum Gasteiger partial charge on any atom is 0.240 e. The van der Waals surface area contributed by atoms with Gasteiger partial charge in [-0.15, -0.1) is 0 Å². The van der Waals surface area contributed by atoms with Gasteiger partial charge in [-0.05, 0) is 59.7 Å². The van der Waals surface area contributed by atoms with Gasteiger partial charge in [0.1, 0.15) is 0 Å². The molecule has 1 N–H and O–H groups in total. The highest BCUT2D eigenvalue weighted by Crippen LogP contribution is 2.20. The van der Waals surface area contributed by atoms with Crippen molar-refractivity contribution in [2.75, 3.05) is 0 Å². The summed E-state index contributed by atoms with van der Waals surface area (Å²) in [6.45, 7) is 0. The minimum Gasteiger partial charge on any atom is -0.208 e. The zero-order chi connectivity index (χ0) is 11.6. The minimum atomic E-state index is -3.31. The van der Waals surface area contributed by atoms with Gasteiger partial charge in [0.25, 0.3) is 0 Å². The highest BCUT2D eigenvalue weighted by molar-refractivity contribution is 14.1. The van der Waals surface area contributed by atoms with Crippen molar-refractivity contribution < 1.29 is 8.42 Å². The minimum absolute atomic E-state index is 0.129. The van der Waals surface area contributed by atoms with Gasteiger partial charge >= 0.3 is 0 Å². The van der Waals surface area contributed by atoms with Crippen LogP contribution >= 0.6 is 22.6 Å². The van der Waals surface area contributed by atoms with Gasteiger partial charge in [-0.3, -0.25) is 0 Å². The van der Waals surface area contributed by atoms with Crippen LogP contribution < -0.4 is 4.72 Å². The molecule has 3 nitrogen and oxygen atoms in total. The van der Waals surface area contributed by atoms with E-state index in [2.05, 4.69) is 27.3 Å². The highest BCUT2D eigenvalue weighted by Gasteiger charge is 2.22. The molecule has 88 valence electrons. The first-order valence-electron chi connectivity index (χ1n) is 5.36. The Bertz CT molecular complexity index is 449. The van der Waals surface area contributed by atoms with Crippen LogP contribution in [0.25, 0.3) is 0 Å². The van der Waals surface area contributed by atoms with Crippen LogP contribution in [0.15, 0.2) is 29.2 Å². The van der Waals surface area contributed by atoms with Crippen LogP contribution in [0.5, 0.6) is 0 Å². The number of nitrogens with one attached hydrogen (secondary N) is 1. The first-order valence-corrected chi connectivity index (χ1v) is 7.92. The van der Waals surface area contributed by atoms with E-state index in [0.29, 0.717) is 4.90 Å². The smallest absolute Gasteiger partial charge is 0.208 e. The lowest BCUT2D eigenvalue weighted by Gasteiger charge is -2.12. The normalized spacial score (nSPS) is 17.8. The fourth-order valence-electron chi connectivity index (χ4n) is 1.94. The molecule has 0 heterocycles. The maximum absolute atomic E-state index is 12.0. The van der Waals surface area contributed by atoms with E-state index in [4.69, 9.17) is 0 Å². The van der Waals surface area contributed by atoms with Crippen molar-refractivity contribution in [1.29, 1.82) is 0 Å². The fraction of sp³-hybridized carbons (Fsp3) is 0.455. The lowest BCUT2D eigenvalue weighted by molar-refractivity contribution is 0.552. The van der Waals surface area contributed by atoms with Crippen LogP contribution in [0.2, 0.25) is 0 Å². The summed E-state index contributed by atoms with van der Waals surface area (Å²) in [5.41, 5.74) is 0. The van der Waals surface area contributed by atoms with Crippen molar-refractivity contribution in [3.05, 3.63) is 27.8 Å². The van der Waals surface area contributed by atoms with E-state index in [0.717, 1.165) is 29.3 Å². The molecule has 1 aromatic rings. The Morgan fingerprint density at radius 2 is 1.69 bits per heavy atom. The molecule has 2 rings (SSSR count). The van der Waals surface area contributed by atoms with Crippen LogP contribution in [0.1, 0.15) is 25.7 Å². The Labute approximate surface area is 110 Å². The summed E-state index contributed by atoms with van der Waals surface area (Å²) in [4.78, 5) is 0.361. The van der Waals surface area contributed by atoms with E-state index >= 15 is 0 Å². The van der Waals surface area contributed by atoms with E-state index < -0.39 is 10.0 Å². The molecule has 1 fully saturated rings. The third-order valence-corrected chi connectivity index (χ3v) is 5.06. The molecule has 0 aromatic heterocycles. The number of benzene rings is 1. The maximum atomic E-state index is 12.0. The van der Waals surface area contributed by atoms with Crippen molar-refractivity contribution in [3.63, 3.8) is 0 Å². The molecule has 0 unspecified atom stereocenters. The van der Waals surface area contributed by atoms with Gasteiger partial charge in [0, 0.05) is 9.61 Å². The summed E-state index contributed by atoms with van der Waals surface area (Å²) in [6.07, 6.45) is 4.17. The zero-order valence-corrected chi connectivity index (χ0v) is 11.8. The molecule has 5 heteroatoms. The van der Waals surface area contributed by atoms with Crippen LogP contribution in [-0.4, -0.2) is 14.5 Å². The number of hydrogen-bond acceptors (Lipinski definition) is 2. The van der Waals surface area contributed by atoms with Gasteiger partial charge in [0.15, 0.2) is 0 Å². The molecule has 1 saturated carbocycles. The molecule has 0 aliphatic heterocycles. The number of halogens is 1. The zero-order valence-electron chi connectivity index (χ0n) is 8.82. The van der Waals surface area contributed by atoms with E-state index in [1.54, 1.807) is 12.1 Å². The topological polar surface area (TPSA) is 46.2 Å². The SMILES string of the molecule is O=S(=O)(NC1CCCC1)c1ccc(I)cc1. The summed E-state index contributed by atoms with van der Waals surface area (Å²) in [5, 5.41) is 0. The Morgan fingerprint density at radius 1 is 1.12 bits per heavy atom. The van der Waals surface area contributed by atoms with Crippen molar-refractivity contribution in [2.24, 2.45) is 0 Å². The van der Waals surface area contributed by atoms with Gasteiger partial charge in [-0.2, -0.15) is 0 Å². The predicted octanol–water partition coefficient (Wildman–Crippen LogP) is 2.51. The third-order valence-electron chi connectivity index (χ3n) is 2.80. The first-order chi connectivity index (χ1) is 7.58. The van der Waals surface area contributed by atoms with E-state index in [1.807, 2.05) is 12.1 Å². The van der Waals surface area contributed by atoms with Gasteiger partial charge in [0.05, 0.1) is 4.90 Å². The molecule has 0 radical (unpaired) electrons. The first kappa shape index (κ1) is 12.3. The number of rotatable bonds is 3. The number of sulfonamides is 1. The van der Waals surface area contributed by atoms with Crippen molar-refractivity contribution >= 4 is 32.6 Å². The van der Waals surface area contributed by atoms with Crippen LogP contribution in [0.4, 0.5) is 0 Å². The van der Waals surface area contributed by atoms with Crippen LogP contribution in [0.3, 0.4) is 0 Å². The summed E-state index contributed by atoms with van der Waals surface area (Å²) in [6, 6.07) is 7.05. The second-order valence-electron chi connectivity index (χ2n) is 4.06. The lowest BCUT2D eigenvalue weighted by Crippen LogP contribution is -2.32. The lowest BCUT2D eigenvalue weighted by atomic mass is 10.3. The van der Waals surface area contributed by atoms with Gasteiger partial charge in [0.2, 0.25) is 10.0 Å². The average Bonchev–Trinajstić information content (AvgIpc) is 2.70. The molecule has 1 aliphatic rings. The van der Waals surface area contributed by atoms with Gasteiger partial charge < -0.3 is 0 Å². The molecule has 0 bridgehead atoms. The van der Waals surface area contributed by atoms with E-state index in [-0.39, 0.29) is 6.04 Å². The Balaban J connectivity index is 2.14. The fourth-order valence-corrected chi connectivity index (χ4v) is 3.61. The van der Waals surface area contributed by atoms with E-state index in [9.17, 15) is 8.42 Å².